The van der Waals surface area contributed by atoms with E-state index in [-0.39, 0.29) is 23.8 Å². The minimum atomic E-state index is -0.420. The van der Waals surface area contributed by atoms with Gasteiger partial charge >= 0.3 is 5.97 Å². The molecular formula is C26H26ClNO3S. The third-order valence-corrected chi connectivity index (χ3v) is 6.82. The number of amides is 1. The van der Waals surface area contributed by atoms with E-state index in [2.05, 4.69) is 11.4 Å². The van der Waals surface area contributed by atoms with Gasteiger partial charge in [0.25, 0.3) is 0 Å². The lowest BCUT2D eigenvalue weighted by molar-refractivity contribution is -0.117. The first-order chi connectivity index (χ1) is 15.2. The molecule has 1 heterocycles. The number of halogens is 1. The number of benzene rings is 2. The van der Waals surface area contributed by atoms with Gasteiger partial charge in [0, 0.05) is 21.9 Å². The number of carbonyl (C=O) groups is 2. The number of carbonyl (C=O) groups excluding carboxylic acids is 2. The molecule has 1 fully saturated rings. The van der Waals surface area contributed by atoms with E-state index in [1.54, 1.807) is 0 Å². The highest BCUT2D eigenvalue weighted by atomic mass is 35.5. The van der Waals surface area contributed by atoms with Crippen molar-refractivity contribution in [3.63, 3.8) is 0 Å². The van der Waals surface area contributed by atoms with Crippen LogP contribution < -0.4 is 5.32 Å². The Morgan fingerprint density at radius 2 is 1.81 bits per heavy atom. The molecule has 4 nitrogen and oxygen atoms in total. The Hall–Kier alpha value is -2.63. The van der Waals surface area contributed by atoms with E-state index >= 15 is 0 Å². The van der Waals surface area contributed by atoms with Gasteiger partial charge in [-0.1, -0.05) is 47.5 Å². The van der Waals surface area contributed by atoms with Gasteiger partial charge in [-0.3, -0.25) is 4.79 Å². The first-order valence-corrected chi connectivity index (χ1v) is 12.0. The molecule has 1 aromatic heterocycles. The second kappa shape index (κ2) is 9.08. The first kappa shape index (κ1) is 22.6. The summed E-state index contributed by atoms with van der Waals surface area (Å²) < 4.78 is 5.52. The van der Waals surface area contributed by atoms with Crippen molar-refractivity contribution in [3.8, 4) is 11.1 Å². The molecule has 32 heavy (non-hydrogen) atoms. The molecule has 4 rings (SSSR count). The molecule has 3 aromatic rings. The van der Waals surface area contributed by atoms with Gasteiger partial charge in [-0.2, -0.15) is 0 Å². The average Bonchev–Trinajstić information content (AvgIpc) is 3.42. The highest BCUT2D eigenvalue weighted by Crippen LogP contribution is 2.49. The number of hydrogen-bond donors (Lipinski definition) is 1. The lowest BCUT2D eigenvalue weighted by Crippen LogP contribution is -2.18. The summed E-state index contributed by atoms with van der Waals surface area (Å²) in [5.41, 5.74) is 5.52. The van der Waals surface area contributed by atoms with Crippen LogP contribution in [0.1, 0.15) is 53.2 Å². The van der Waals surface area contributed by atoms with Crippen molar-refractivity contribution in [2.75, 3.05) is 5.32 Å². The van der Waals surface area contributed by atoms with Gasteiger partial charge in [0.2, 0.25) is 5.91 Å². The molecule has 166 valence electrons. The van der Waals surface area contributed by atoms with Gasteiger partial charge in [0.05, 0.1) is 6.10 Å². The van der Waals surface area contributed by atoms with E-state index < -0.39 is 5.97 Å². The van der Waals surface area contributed by atoms with E-state index in [4.69, 9.17) is 16.3 Å². The van der Waals surface area contributed by atoms with E-state index in [1.165, 1.54) is 11.3 Å². The smallest absolute Gasteiger partial charge is 0.342 e. The SMILES string of the molecule is Cc1ccc(-c2csc(NC(=O)[C@@H]3C[C@@H]3c3ccc(Cl)cc3)c2C(=O)OC(C)C)c(C)c1. The molecule has 1 aliphatic rings. The van der Waals surface area contributed by atoms with Gasteiger partial charge in [-0.25, -0.2) is 4.79 Å². The minimum absolute atomic E-state index is 0.0717. The van der Waals surface area contributed by atoms with Crippen LogP contribution in [0.15, 0.2) is 47.8 Å². The normalized spacial score (nSPS) is 17.3. The van der Waals surface area contributed by atoms with Crippen LogP contribution in [-0.4, -0.2) is 18.0 Å². The largest absolute Gasteiger partial charge is 0.459 e. The zero-order chi connectivity index (χ0) is 23.0. The highest BCUT2D eigenvalue weighted by Gasteiger charge is 2.44. The fraction of sp³-hybridized carbons (Fsp3) is 0.308. The monoisotopic (exact) mass is 467 g/mol. The van der Waals surface area contributed by atoms with Crippen LogP contribution in [0.3, 0.4) is 0 Å². The highest BCUT2D eigenvalue weighted by molar-refractivity contribution is 7.15. The maximum Gasteiger partial charge on any atom is 0.342 e. The van der Waals surface area contributed by atoms with Crippen LogP contribution in [0.4, 0.5) is 5.00 Å². The fourth-order valence-electron chi connectivity index (χ4n) is 4.01. The van der Waals surface area contributed by atoms with Crippen molar-refractivity contribution in [2.24, 2.45) is 5.92 Å². The molecule has 0 spiro atoms. The third-order valence-electron chi connectivity index (χ3n) is 5.67. The summed E-state index contributed by atoms with van der Waals surface area (Å²) in [5, 5.41) is 6.16. The van der Waals surface area contributed by atoms with E-state index in [0.29, 0.717) is 15.6 Å². The molecule has 1 amide bonds. The van der Waals surface area contributed by atoms with E-state index in [0.717, 1.165) is 34.2 Å². The Labute approximate surface area is 197 Å². The second-order valence-electron chi connectivity index (χ2n) is 8.62. The van der Waals surface area contributed by atoms with Crippen molar-refractivity contribution in [1.82, 2.24) is 0 Å². The zero-order valence-corrected chi connectivity index (χ0v) is 20.1. The Bertz CT molecular complexity index is 1170. The molecule has 1 saturated carbocycles. The molecule has 6 heteroatoms. The van der Waals surface area contributed by atoms with Crippen LogP contribution >= 0.6 is 22.9 Å². The first-order valence-electron chi connectivity index (χ1n) is 10.7. The van der Waals surface area contributed by atoms with Crippen molar-refractivity contribution in [2.45, 2.75) is 46.1 Å². The van der Waals surface area contributed by atoms with Crippen molar-refractivity contribution < 1.29 is 14.3 Å². The molecule has 0 bridgehead atoms. The molecule has 0 saturated heterocycles. The topological polar surface area (TPSA) is 55.4 Å². The molecule has 1 N–H and O–H groups in total. The Kier molecular flexibility index (Phi) is 6.40. The standard InChI is InChI=1S/C26H26ClNO3S/c1-14(2)31-26(30)23-22(19-10-5-15(3)11-16(19)4)13-32-25(23)28-24(29)21-12-20(21)17-6-8-18(27)9-7-17/h5-11,13-14,20-21H,12H2,1-4H3,(H,28,29)/t20-,21-/m1/s1. The minimum Gasteiger partial charge on any atom is -0.459 e. The molecular weight excluding hydrogens is 442 g/mol. The summed E-state index contributed by atoms with van der Waals surface area (Å²) >= 11 is 7.34. The number of esters is 1. The Morgan fingerprint density at radius 3 is 2.47 bits per heavy atom. The van der Waals surface area contributed by atoms with Gasteiger partial charge in [0.15, 0.2) is 0 Å². The summed E-state index contributed by atoms with van der Waals surface area (Å²) in [5.74, 6) is -0.428. The maximum absolute atomic E-state index is 13.0. The molecule has 1 aliphatic carbocycles. The molecule has 0 unspecified atom stereocenters. The summed E-state index contributed by atoms with van der Waals surface area (Å²) in [4.78, 5) is 26.0. The van der Waals surface area contributed by atoms with Crippen LogP contribution in [0.2, 0.25) is 5.02 Å². The predicted molar refractivity (Wildman–Crippen MR) is 131 cm³/mol. The van der Waals surface area contributed by atoms with Crippen molar-refractivity contribution in [3.05, 3.63) is 75.1 Å². The molecule has 2 aromatic carbocycles. The van der Waals surface area contributed by atoms with Crippen LogP contribution in [0.25, 0.3) is 11.1 Å². The summed E-state index contributed by atoms with van der Waals surface area (Å²) in [6.45, 7) is 7.70. The summed E-state index contributed by atoms with van der Waals surface area (Å²) in [6.07, 6.45) is 0.532. The number of rotatable bonds is 6. The number of nitrogens with one attached hydrogen (secondary N) is 1. The van der Waals surface area contributed by atoms with Crippen LogP contribution in [0.5, 0.6) is 0 Å². The number of aryl methyl sites for hydroxylation is 2. The predicted octanol–water partition coefficient (Wildman–Crippen LogP) is 6.99. The van der Waals surface area contributed by atoms with Crippen molar-refractivity contribution in [1.29, 1.82) is 0 Å². The lowest BCUT2D eigenvalue weighted by Gasteiger charge is -2.13. The third kappa shape index (κ3) is 4.74. The fourth-order valence-corrected chi connectivity index (χ4v) is 5.08. The Morgan fingerprint density at radius 1 is 1.09 bits per heavy atom. The number of hydrogen-bond acceptors (Lipinski definition) is 4. The zero-order valence-electron chi connectivity index (χ0n) is 18.6. The average molecular weight is 468 g/mol. The molecule has 0 radical (unpaired) electrons. The van der Waals surface area contributed by atoms with Gasteiger partial charge in [-0.05, 0) is 68.9 Å². The maximum atomic E-state index is 13.0. The lowest BCUT2D eigenvalue weighted by atomic mass is 9.97. The van der Waals surface area contributed by atoms with Crippen molar-refractivity contribution >= 4 is 39.8 Å². The molecule has 2 atom stereocenters. The van der Waals surface area contributed by atoms with Crippen LogP contribution in [0, 0.1) is 19.8 Å². The van der Waals surface area contributed by atoms with Crippen LogP contribution in [-0.2, 0) is 9.53 Å². The van der Waals surface area contributed by atoms with Gasteiger partial charge < -0.3 is 10.1 Å². The second-order valence-corrected chi connectivity index (χ2v) is 9.93. The summed E-state index contributed by atoms with van der Waals surface area (Å²) in [6, 6.07) is 13.8. The quantitative estimate of drug-likeness (QED) is 0.397. The number of ether oxygens (including phenoxy) is 1. The Balaban J connectivity index is 1.61. The summed E-state index contributed by atoms with van der Waals surface area (Å²) in [7, 11) is 0. The van der Waals surface area contributed by atoms with E-state index in [1.807, 2.05) is 69.5 Å². The van der Waals surface area contributed by atoms with Gasteiger partial charge in [-0.15, -0.1) is 11.3 Å². The van der Waals surface area contributed by atoms with E-state index in [9.17, 15) is 9.59 Å². The number of thiophene rings is 1. The number of anilines is 1. The van der Waals surface area contributed by atoms with Gasteiger partial charge in [0.1, 0.15) is 10.6 Å². The molecule has 0 aliphatic heterocycles.